The number of benzene rings is 3. The van der Waals surface area contributed by atoms with Crippen LogP contribution >= 0.6 is 11.3 Å². The normalized spacial score (nSPS) is 13.3. The highest BCUT2D eigenvalue weighted by molar-refractivity contribution is 7.10. The van der Waals surface area contributed by atoms with Crippen LogP contribution in [0.1, 0.15) is 45.6 Å². The quantitative estimate of drug-likeness (QED) is 0.0634. The Hall–Kier alpha value is -4.69. The summed E-state index contributed by atoms with van der Waals surface area (Å²) < 4.78 is 11.1. The topological polar surface area (TPSA) is 84.9 Å². The van der Waals surface area contributed by atoms with E-state index in [9.17, 15) is 14.4 Å². The van der Waals surface area contributed by atoms with Crippen LogP contribution in [0.25, 0.3) is 6.08 Å². The number of amides is 1. The summed E-state index contributed by atoms with van der Waals surface area (Å²) in [5.74, 6) is 0.823. The molecule has 0 bridgehead atoms. The summed E-state index contributed by atoms with van der Waals surface area (Å²) in [5, 5.41) is 5.25. The van der Waals surface area contributed by atoms with Gasteiger partial charge in [-0.25, -0.2) is 4.79 Å². The van der Waals surface area contributed by atoms with Gasteiger partial charge in [-0.1, -0.05) is 60.7 Å². The fourth-order valence-electron chi connectivity index (χ4n) is 5.03. The monoisotopic (exact) mass is 622 g/mol. The highest BCUT2D eigenvalue weighted by atomic mass is 32.1. The van der Waals surface area contributed by atoms with Gasteiger partial charge in [0, 0.05) is 47.3 Å². The molecule has 0 spiro atoms. The molecular weight excluding hydrogens is 584 g/mol. The molecule has 1 N–H and O–H groups in total. The van der Waals surface area contributed by atoms with Gasteiger partial charge in [0.15, 0.2) is 5.78 Å². The van der Waals surface area contributed by atoms with Crippen LogP contribution in [-0.4, -0.2) is 55.4 Å². The predicted octanol–water partition coefficient (Wildman–Crippen LogP) is 6.90. The van der Waals surface area contributed by atoms with Crippen LogP contribution in [0.5, 0.6) is 5.75 Å². The van der Waals surface area contributed by atoms with Gasteiger partial charge >= 0.3 is 5.97 Å². The smallest absolute Gasteiger partial charge is 0.328 e. The minimum absolute atomic E-state index is 0.0421. The fourth-order valence-corrected chi connectivity index (χ4v) is 5.64. The van der Waals surface area contributed by atoms with E-state index < -0.39 is 12.0 Å². The van der Waals surface area contributed by atoms with E-state index in [1.54, 1.807) is 47.7 Å². The lowest BCUT2D eigenvalue weighted by Crippen LogP contribution is -2.33. The number of esters is 1. The molecule has 5 rings (SSSR count). The first-order valence-corrected chi connectivity index (χ1v) is 16.1. The highest BCUT2D eigenvalue weighted by Gasteiger charge is 2.26. The number of para-hydroxylation sites is 1. The number of nitrogens with one attached hydrogen (secondary N) is 1. The second-order valence-corrected chi connectivity index (χ2v) is 12.1. The maximum Gasteiger partial charge on any atom is 0.328 e. The zero-order chi connectivity index (χ0) is 31.4. The van der Waals surface area contributed by atoms with Gasteiger partial charge in [-0.05, 0) is 72.5 Å². The molecule has 1 aliphatic carbocycles. The number of carbonyl (C=O) groups excluding carboxylic acids is 3. The summed E-state index contributed by atoms with van der Waals surface area (Å²) in [6.07, 6.45) is 7.01. The van der Waals surface area contributed by atoms with Gasteiger partial charge < -0.3 is 19.7 Å². The van der Waals surface area contributed by atoms with Crippen molar-refractivity contribution in [3.63, 3.8) is 0 Å². The lowest BCUT2D eigenvalue weighted by atomic mass is 10.00. The van der Waals surface area contributed by atoms with Gasteiger partial charge in [-0.2, -0.15) is 0 Å². The van der Waals surface area contributed by atoms with Crippen molar-refractivity contribution in [2.75, 3.05) is 32.1 Å². The maximum absolute atomic E-state index is 13.2. The SMILES string of the molecule is COC(=O)[C@H](Cc1ccc(OCCCN(CC2CC2)C(=O)/C=C/c2cccs2)cc1)Nc1ccccc1C(=O)c1ccccc1. The predicted molar refractivity (Wildman–Crippen MR) is 179 cm³/mol. The molecule has 1 aliphatic rings. The molecule has 1 atom stereocenters. The number of carbonyl (C=O) groups is 3. The standard InChI is InChI=1S/C37H38N2O5S/c1-43-37(42)34(38-33-13-6-5-12-32(33)36(41)29-9-3-2-4-10-29)25-27-16-18-30(19-17-27)44-23-8-22-39(26-28-14-15-28)35(40)21-20-31-11-7-24-45-31/h2-7,9-13,16-21,24,28,34,38H,8,14-15,22-23,25-26H2,1H3/b21-20+/t34-/m0/s1. The fraction of sp³-hybridized carbons (Fsp3) is 0.270. The van der Waals surface area contributed by atoms with Crippen LogP contribution < -0.4 is 10.1 Å². The molecule has 0 unspecified atom stereocenters. The van der Waals surface area contributed by atoms with Crippen LogP contribution in [0, 0.1) is 5.92 Å². The third kappa shape index (κ3) is 9.40. The van der Waals surface area contributed by atoms with E-state index in [4.69, 9.17) is 9.47 Å². The van der Waals surface area contributed by atoms with Crippen molar-refractivity contribution in [2.45, 2.75) is 31.7 Å². The summed E-state index contributed by atoms with van der Waals surface area (Å²) in [6.45, 7) is 1.92. The number of hydrogen-bond donors (Lipinski definition) is 1. The molecule has 1 fully saturated rings. The minimum Gasteiger partial charge on any atom is -0.494 e. The molecule has 0 aliphatic heterocycles. The number of thiophene rings is 1. The number of hydrogen-bond acceptors (Lipinski definition) is 7. The Bertz CT molecular complexity index is 1580. The van der Waals surface area contributed by atoms with Crippen molar-refractivity contribution in [3.05, 3.63) is 124 Å². The number of nitrogens with zero attached hydrogens (tertiary/aromatic N) is 1. The lowest BCUT2D eigenvalue weighted by molar-refractivity contribution is -0.141. The van der Waals surface area contributed by atoms with Crippen LogP contribution in [0.3, 0.4) is 0 Å². The molecule has 0 saturated heterocycles. The van der Waals surface area contributed by atoms with E-state index in [1.165, 1.54) is 20.0 Å². The van der Waals surface area contributed by atoms with Gasteiger partial charge in [0.05, 0.1) is 13.7 Å². The van der Waals surface area contributed by atoms with E-state index in [-0.39, 0.29) is 11.7 Å². The molecule has 1 aromatic heterocycles. The number of anilines is 1. The number of rotatable bonds is 16. The van der Waals surface area contributed by atoms with Crippen molar-refractivity contribution >= 4 is 40.8 Å². The lowest BCUT2D eigenvalue weighted by Gasteiger charge is -2.21. The van der Waals surface area contributed by atoms with Crippen molar-refractivity contribution in [1.82, 2.24) is 4.90 Å². The zero-order valence-electron chi connectivity index (χ0n) is 25.4. The Kier molecular flexibility index (Phi) is 11.2. The third-order valence-corrected chi connectivity index (χ3v) is 8.49. The molecule has 8 heteroatoms. The minimum atomic E-state index is -0.699. The second kappa shape index (κ2) is 15.9. The van der Waals surface area contributed by atoms with Crippen LogP contribution in [0.2, 0.25) is 0 Å². The maximum atomic E-state index is 13.2. The van der Waals surface area contributed by atoms with E-state index in [0.717, 1.165) is 29.2 Å². The zero-order valence-corrected chi connectivity index (χ0v) is 26.2. The van der Waals surface area contributed by atoms with E-state index in [0.29, 0.717) is 42.3 Å². The second-order valence-electron chi connectivity index (χ2n) is 11.1. The van der Waals surface area contributed by atoms with Gasteiger partial charge in [-0.3, -0.25) is 9.59 Å². The molecule has 1 saturated carbocycles. The summed E-state index contributed by atoms with van der Waals surface area (Å²) in [5.41, 5.74) is 2.54. The van der Waals surface area contributed by atoms with Gasteiger partial charge in [0.2, 0.25) is 5.91 Å². The van der Waals surface area contributed by atoms with Crippen molar-refractivity contribution < 1.29 is 23.9 Å². The van der Waals surface area contributed by atoms with E-state index in [1.807, 2.05) is 77.0 Å². The first-order valence-electron chi connectivity index (χ1n) is 15.3. The van der Waals surface area contributed by atoms with Crippen molar-refractivity contribution in [1.29, 1.82) is 0 Å². The number of methoxy groups -OCH3 is 1. The molecular formula is C37H38N2O5S. The van der Waals surface area contributed by atoms with Gasteiger partial charge in [0.25, 0.3) is 0 Å². The Morgan fingerprint density at radius 1 is 0.956 bits per heavy atom. The summed E-state index contributed by atoms with van der Waals surface area (Å²) >= 11 is 1.61. The summed E-state index contributed by atoms with van der Waals surface area (Å²) in [6, 6.07) is 27.1. The molecule has 1 amide bonds. The Labute approximate surface area is 268 Å². The molecule has 4 aromatic rings. The van der Waals surface area contributed by atoms with Crippen LogP contribution in [0.4, 0.5) is 5.69 Å². The summed E-state index contributed by atoms with van der Waals surface area (Å²) in [4.78, 5) is 41.8. The first kappa shape index (κ1) is 31.7. The van der Waals surface area contributed by atoms with Crippen LogP contribution in [0.15, 0.2) is 102 Å². The Balaban J connectivity index is 1.15. The molecule has 1 heterocycles. The van der Waals surface area contributed by atoms with E-state index >= 15 is 0 Å². The highest BCUT2D eigenvalue weighted by Crippen LogP contribution is 2.30. The molecule has 232 valence electrons. The van der Waals surface area contributed by atoms with Crippen molar-refractivity contribution in [2.24, 2.45) is 5.92 Å². The van der Waals surface area contributed by atoms with E-state index in [2.05, 4.69) is 5.32 Å². The number of ketones is 1. The molecule has 7 nitrogen and oxygen atoms in total. The van der Waals surface area contributed by atoms with Gasteiger partial charge in [0.1, 0.15) is 11.8 Å². The third-order valence-electron chi connectivity index (χ3n) is 7.65. The largest absolute Gasteiger partial charge is 0.494 e. The average molecular weight is 623 g/mol. The molecule has 0 radical (unpaired) electrons. The first-order chi connectivity index (χ1) is 22.0. The Morgan fingerprint density at radius 2 is 1.71 bits per heavy atom. The number of ether oxygens (including phenoxy) is 2. The Morgan fingerprint density at radius 3 is 2.42 bits per heavy atom. The van der Waals surface area contributed by atoms with Gasteiger partial charge in [-0.15, -0.1) is 11.3 Å². The van der Waals surface area contributed by atoms with Crippen molar-refractivity contribution in [3.8, 4) is 5.75 Å². The average Bonchev–Trinajstić information content (AvgIpc) is 3.75. The summed E-state index contributed by atoms with van der Waals surface area (Å²) in [7, 11) is 1.36. The van der Waals surface area contributed by atoms with Crippen LogP contribution in [-0.2, 0) is 20.7 Å². The molecule has 3 aromatic carbocycles. The molecule has 45 heavy (non-hydrogen) atoms.